The normalized spacial score (nSPS) is 18.7. The first-order valence-electron chi connectivity index (χ1n) is 3.83. The van der Waals surface area contributed by atoms with Crippen LogP contribution in [0, 0.1) is 5.92 Å². The molecule has 12 heavy (non-hydrogen) atoms. The lowest BCUT2D eigenvalue weighted by Crippen LogP contribution is -2.08. The molecule has 0 bridgehead atoms. The van der Waals surface area contributed by atoms with E-state index in [-0.39, 0.29) is 19.3 Å². The third kappa shape index (κ3) is 5.69. The topological polar surface area (TPSA) is 81.8 Å². The number of hydrogen-bond acceptors (Lipinski definition) is 4. The molecule has 0 rings (SSSR count). The first kappa shape index (κ1) is 12.1. The van der Waals surface area contributed by atoms with Crippen LogP contribution in [0.5, 0.6) is 0 Å². The van der Waals surface area contributed by atoms with Crippen LogP contribution >= 0.6 is 7.82 Å². The van der Waals surface area contributed by atoms with Gasteiger partial charge in [0.2, 0.25) is 0 Å². The fourth-order valence-corrected chi connectivity index (χ4v) is 1.18. The predicted octanol–water partition coefficient (Wildman–Crippen LogP) is 1.08. The number of nitrogens with two attached hydrogens (primary N) is 1. The molecule has 2 atom stereocenters. The van der Waals surface area contributed by atoms with Gasteiger partial charge in [-0.1, -0.05) is 20.3 Å². The average molecular weight is 197 g/mol. The Morgan fingerprint density at radius 2 is 2.17 bits per heavy atom. The highest BCUT2D eigenvalue weighted by Gasteiger charge is 2.20. The van der Waals surface area contributed by atoms with E-state index in [0.29, 0.717) is 0 Å². The summed E-state index contributed by atoms with van der Waals surface area (Å²) in [4.78, 5) is 8.89. The Morgan fingerprint density at radius 1 is 1.58 bits per heavy atom. The van der Waals surface area contributed by atoms with Crippen molar-refractivity contribution in [1.82, 2.24) is 0 Å². The van der Waals surface area contributed by atoms with Gasteiger partial charge in [-0.25, -0.2) is 4.57 Å². The molecule has 0 saturated heterocycles. The van der Waals surface area contributed by atoms with E-state index < -0.39 is 7.82 Å². The molecule has 3 N–H and O–H groups in total. The molecular weight excluding hydrogens is 181 g/mol. The maximum Gasteiger partial charge on any atom is 0.473 e. The Morgan fingerprint density at radius 3 is 2.58 bits per heavy atom. The fraction of sp³-hybridized carbons (Fsp3) is 1.00. The summed E-state index contributed by atoms with van der Waals surface area (Å²) in [6, 6.07) is 0. The van der Waals surface area contributed by atoms with Gasteiger partial charge in [0.05, 0.1) is 6.61 Å². The van der Waals surface area contributed by atoms with E-state index in [1.807, 2.05) is 13.8 Å². The summed E-state index contributed by atoms with van der Waals surface area (Å²) >= 11 is 0. The van der Waals surface area contributed by atoms with Crippen LogP contribution in [0.4, 0.5) is 0 Å². The molecule has 2 unspecified atom stereocenters. The van der Waals surface area contributed by atoms with E-state index in [0.717, 1.165) is 6.42 Å². The van der Waals surface area contributed by atoms with Crippen molar-refractivity contribution in [3.8, 4) is 0 Å². The smallest absolute Gasteiger partial charge is 0.308 e. The molecule has 74 valence electrons. The predicted molar refractivity (Wildman–Crippen MR) is 45.4 cm³/mol. The largest absolute Gasteiger partial charge is 0.473 e. The third-order valence-electron chi connectivity index (χ3n) is 1.46. The maximum absolute atomic E-state index is 10.9. The molecule has 0 amide bonds. The van der Waals surface area contributed by atoms with Crippen molar-refractivity contribution in [3.05, 3.63) is 0 Å². The van der Waals surface area contributed by atoms with Crippen molar-refractivity contribution < 1.29 is 18.5 Å². The molecule has 0 aliphatic heterocycles. The molecule has 5 nitrogen and oxygen atoms in total. The van der Waals surface area contributed by atoms with Gasteiger partial charge in [0.15, 0.2) is 0 Å². The Kier molecular flexibility index (Phi) is 5.70. The van der Waals surface area contributed by atoms with Crippen molar-refractivity contribution in [2.24, 2.45) is 11.7 Å². The van der Waals surface area contributed by atoms with Crippen molar-refractivity contribution in [2.75, 3.05) is 13.3 Å². The minimum atomic E-state index is -3.88. The van der Waals surface area contributed by atoms with Crippen molar-refractivity contribution >= 4 is 7.82 Å². The van der Waals surface area contributed by atoms with Crippen LogP contribution in [0.15, 0.2) is 0 Å². The molecule has 0 saturated carbocycles. The zero-order valence-electron chi connectivity index (χ0n) is 7.40. The number of phosphoric acid groups is 1. The summed E-state index contributed by atoms with van der Waals surface area (Å²) in [5.74, 6) is 0.242. The van der Waals surface area contributed by atoms with E-state index in [4.69, 9.17) is 10.6 Å². The van der Waals surface area contributed by atoms with E-state index in [2.05, 4.69) is 9.05 Å². The second-order valence-electron chi connectivity index (χ2n) is 2.57. The van der Waals surface area contributed by atoms with Crippen LogP contribution in [0.3, 0.4) is 0 Å². The summed E-state index contributed by atoms with van der Waals surface area (Å²) in [6.07, 6.45) is 0.891. The SMILES string of the molecule is CCC(C)COP(=O)(O)OCN. The quantitative estimate of drug-likeness (QED) is 0.492. The van der Waals surface area contributed by atoms with Gasteiger partial charge in [0.1, 0.15) is 6.73 Å². The third-order valence-corrected chi connectivity index (χ3v) is 2.41. The highest BCUT2D eigenvalue weighted by Crippen LogP contribution is 2.42. The molecule has 0 fully saturated rings. The fourth-order valence-electron chi connectivity index (χ4n) is 0.471. The van der Waals surface area contributed by atoms with Gasteiger partial charge in [-0.3, -0.25) is 9.05 Å². The molecule has 0 radical (unpaired) electrons. The maximum atomic E-state index is 10.9. The van der Waals surface area contributed by atoms with Crippen molar-refractivity contribution in [1.29, 1.82) is 0 Å². The van der Waals surface area contributed by atoms with Gasteiger partial charge in [-0.15, -0.1) is 0 Å². The lowest BCUT2D eigenvalue weighted by molar-refractivity contribution is 0.135. The highest BCUT2D eigenvalue weighted by molar-refractivity contribution is 7.47. The van der Waals surface area contributed by atoms with Crippen LogP contribution < -0.4 is 5.73 Å². The molecule has 0 spiro atoms. The molecule has 0 aromatic heterocycles. The van der Waals surface area contributed by atoms with E-state index >= 15 is 0 Å². The van der Waals surface area contributed by atoms with Crippen molar-refractivity contribution in [2.45, 2.75) is 20.3 Å². The minimum absolute atomic E-state index is 0.213. The zero-order valence-corrected chi connectivity index (χ0v) is 8.29. The van der Waals surface area contributed by atoms with Gasteiger partial charge in [-0.05, 0) is 5.92 Å². The first-order chi connectivity index (χ1) is 5.52. The highest BCUT2D eigenvalue weighted by atomic mass is 31.2. The average Bonchev–Trinajstić information content (AvgIpc) is 2.00. The van der Waals surface area contributed by atoms with Gasteiger partial charge in [-0.2, -0.15) is 0 Å². The van der Waals surface area contributed by atoms with Crippen LogP contribution in [0.2, 0.25) is 0 Å². The van der Waals surface area contributed by atoms with E-state index in [1.165, 1.54) is 0 Å². The van der Waals surface area contributed by atoms with Crippen LogP contribution in [-0.4, -0.2) is 18.2 Å². The Bertz CT molecular complexity index is 164. The Hall–Kier alpha value is 0.0700. The lowest BCUT2D eigenvalue weighted by Gasteiger charge is -2.13. The summed E-state index contributed by atoms with van der Waals surface area (Å²) in [7, 11) is -3.88. The monoisotopic (exact) mass is 197 g/mol. The number of rotatable bonds is 6. The molecule has 0 aliphatic carbocycles. The lowest BCUT2D eigenvalue weighted by atomic mass is 10.1. The molecule has 0 aliphatic rings. The summed E-state index contributed by atoms with van der Waals surface area (Å²) < 4.78 is 19.8. The number of hydrogen-bond donors (Lipinski definition) is 2. The Balaban J connectivity index is 3.67. The van der Waals surface area contributed by atoms with Crippen LogP contribution in [0.1, 0.15) is 20.3 Å². The van der Waals surface area contributed by atoms with Crippen molar-refractivity contribution in [3.63, 3.8) is 0 Å². The molecule has 6 heteroatoms. The van der Waals surface area contributed by atoms with Gasteiger partial charge in [0, 0.05) is 0 Å². The summed E-state index contributed by atoms with van der Waals surface area (Å²) in [5, 5.41) is 0. The molecule has 0 aromatic carbocycles. The van der Waals surface area contributed by atoms with E-state index in [9.17, 15) is 4.57 Å². The Labute approximate surface area is 72.5 Å². The molecular formula is C6H16NO4P. The van der Waals surface area contributed by atoms with Gasteiger partial charge in [0.25, 0.3) is 0 Å². The standard InChI is InChI=1S/C6H16NO4P/c1-3-6(2)4-10-12(8,9)11-5-7/h6H,3-5,7H2,1-2H3,(H,8,9). The second-order valence-corrected chi connectivity index (χ2v) is 4.03. The minimum Gasteiger partial charge on any atom is -0.308 e. The zero-order chi connectivity index (χ0) is 9.61. The van der Waals surface area contributed by atoms with Gasteiger partial charge >= 0.3 is 7.82 Å². The van der Waals surface area contributed by atoms with Crippen LogP contribution in [-0.2, 0) is 13.6 Å². The summed E-state index contributed by atoms with van der Waals surface area (Å²) in [6.45, 7) is 3.79. The van der Waals surface area contributed by atoms with Gasteiger partial charge < -0.3 is 10.6 Å². The number of phosphoric ester groups is 1. The molecule has 0 heterocycles. The molecule has 0 aromatic rings. The first-order valence-corrected chi connectivity index (χ1v) is 5.33. The second kappa shape index (κ2) is 5.67. The summed E-state index contributed by atoms with van der Waals surface area (Å²) in [5.41, 5.74) is 4.92. The van der Waals surface area contributed by atoms with Crippen LogP contribution in [0.25, 0.3) is 0 Å². The van der Waals surface area contributed by atoms with E-state index in [1.54, 1.807) is 0 Å².